The first-order valence-corrected chi connectivity index (χ1v) is 11.5. The minimum Gasteiger partial charge on any atom is -0.299 e. The Balaban J connectivity index is 1.38. The fourth-order valence-electron chi connectivity index (χ4n) is 3.55. The van der Waals surface area contributed by atoms with Gasteiger partial charge >= 0.3 is 5.69 Å². The summed E-state index contributed by atoms with van der Waals surface area (Å²) < 4.78 is 30.4. The molecular weight excluding hydrogens is 398 g/mol. The molecule has 1 aliphatic heterocycles. The average molecular weight is 422 g/mol. The van der Waals surface area contributed by atoms with Crippen molar-refractivity contribution >= 4 is 27.0 Å². The van der Waals surface area contributed by atoms with E-state index in [2.05, 4.69) is 10.00 Å². The number of aryl methyl sites for hydroxylation is 2. The van der Waals surface area contributed by atoms with Crippen LogP contribution < -0.4 is 5.69 Å². The number of nitrogens with zero attached hydrogens (tertiary/aromatic N) is 5. The zero-order valence-corrected chi connectivity index (χ0v) is 17.5. The summed E-state index contributed by atoms with van der Waals surface area (Å²) in [6.45, 7) is 7.12. The van der Waals surface area contributed by atoms with Crippen LogP contribution in [0.2, 0.25) is 0 Å². The highest BCUT2D eigenvalue weighted by Crippen LogP contribution is 2.28. The van der Waals surface area contributed by atoms with Gasteiger partial charge in [0.2, 0.25) is 10.0 Å². The Morgan fingerprint density at radius 2 is 1.86 bits per heavy atom. The first kappa shape index (κ1) is 19.3. The Hall–Kier alpha value is -2.01. The highest BCUT2D eigenvalue weighted by Gasteiger charge is 2.30. The number of sulfonamides is 1. The summed E-state index contributed by atoms with van der Waals surface area (Å²) in [5.74, 6) is 0. The van der Waals surface area contributed by atoms with Crippen LogP contribution >= 0.6 is 11.3 Å². The molecule has 0 aromatic carbocycles. The van der Waals surface area contributed by atoms with Crippen LogP contribution in [0.25, 0.3) is 5.65 Å². The van der Waals surface area contributed by atoms with Gasteiger partial charge in [0.05, 0.1) is 11.4 Å². The van der Waals surface area contributed by atoms with Gasteiger partial charge in [-0.3, -0.25) is 9.30 Å². The lowest BCUT2D eigenvalue weighted by molar-refractivity contribution is 0.180. The first-order chi connectivity index (χ1) is 13.4. The quantitative estimate of drug-likeness (QED) is 0.618. The molecule has 0 atom stereocenters. The maximum absolute atomic E-state index is 12.9. The number of fused-ring (bicyclic) bond motifs is 1. The third-order valence-corrected chi connectivity index (χ3v) is 8.18. The van der Waals surface area contributed by atoms with Crippen molar-refractivity contribution in [2.45, 2.75) is 25.3 Å². The molecule has 0 aliphatic carbocycles. The number of hydrogen-bond acceptors (Lipinski definition) is 6. The molecule has 10 heteroatoms. The lowest BCUT2D eigenvalue weighted by Gasteiger charge is -2.33. The molecule has 1 fully saturated rings. The molecule has 28 heavy (non-hydrogen) atoms. The minimum absolute atomic E-state index is 0.153. The van der Waals surface area contributed by atoms with Crippen LogP contribution in [-0.4, -0.2) is 64.5 Å². The molecule has 0 spiro atoms. The predicted molar refractivity (Wildman–Crippen MR) is 108 cm³/mol. The van der Waals surface area contributed by atoms with Gasteiger partial charge in [0.1, 0.15) is 0 Å². The van der Waals surface area contributed by atoms with Crippen LogP contribution in [0.15, 0.2) is 40.2 Å². The van der Waals surface area contributed by atoms with Crippen LogP contribution in [0.5, 0.6) is 0 Å². The summed E-state index contributed by atoms with van der Waals surface area (Å²) in [6.07, 6.45) is 1.71. The van der Waals surface area contributed by atoms with Gasteiger partial charge in [0.15, 0.2) is 5.65 Å². The van der Waals surface area contributed by atoms with Gasteiger partial charge in [0, 0.05) is 48.7 Å². The van der Waals surface area contributed by atoms with E-state index in [9.17, 15) is 13.2 Å². The summed E-state index contributed by atoms with van der Waals surface area (Å²) in [7, 11) is -3.44. The Kier molecular flexibility index (Phi) is 5.13. The zero-order valence-electron chi connectivity index (χ0n) is 15.9. The molecular formula is C18H23N5O3S2. The van der Waals surface area contributed by atoms with E-state index in [4.69, 9.17) is 0 Å². The molecule has 0 amide bonds. The lowest BCUT2D eigenvalue weighted by atomic mass is 10.3. The highest BCUT2D eigenvalue weighted by molar-refractivity contribution is 7.89. The summed E-state index contributed by atoms with van der Waals surface area (Å²) >= 11 is 1.51. The SMILES string of the molecule is Cc1cc(S(=O)(=O)N2CCN(CCn3nc4ccccn4c3=O)CC2)c(C)s1. The predicted octanol–water partition coefficient (Wildman–Crippen LogP) is 1.18. The first-order valence-electron chi connectivity index (χ1n) is 9.20. The number of pyridine rings is 1. The number of aromatic nitrogens is 3. The summed E-state index contributed by atoms with van der Waals surface area (Å²) in [5.41, 5.74) is 0.477. The van der Waals surface area contributed by atoms with E-state index in [1.54, 1.807) is 28.7 Å². The van der Waals surface area contributed by atoms with E-state index in [0.717, 1.165) is 9.75 Å². The molecule has 0 saturated carbocycles. The smallest absolute Gasteiger partial charge is 0.299 e. The molecule has 8 nitrogen and oxygen atoms in total. The van der Waals surface area contributed by atoms with E-state index >= 15 is 0 Å². The Morgan fingerprint density at radius 1 is 1.11 bits per heavy atom. The van der Waals surface area contributed by atoms with E-state index in [0.29, 0.717) is 49.8 Å². The van der Waals surface area contributed by atoms with Crippen molar-refractivity contribution in [1.82, 2.24) is 23.4 Å². The molecule has 3 aromatic rings. The molecule has 0 radical (unpaired) electrons. The van der Waals surface area contributed by atoms with Crippen molar-refractivity contribution in [3.63, 3.8) is 0 Å². The normalized spacial score (nSPS) is 16.8. The van der Waals surface area contributed by atoms with Gasteiger partial charge in [-0.1, -0.05) is 6.07 Å². The van der Waals surface area contributed by atoms with Gasteiger partial charge in [-0.15, -0.1) is 16.4 Å². The summed E-state index contributed by atoms with van der Waals surface area (Å²) in [6, 6.07) is 7.21. The number of thiophene rings is 1. The van der Waals surface area contributed by atoms with Gasteiger partial charge in [0.25, 0.3) is 0 Å². The Labute approximate surface area is 167 Å². The van der Waals surface area contributed by atoms with Crippen molar-refractivity contribution in [1.29, 1.82) is 0 Å². The van der Waals surface area contributed by atoms with E-state index in [-0.39, 0.29) is 5.69 Å². The van der Waals surface area contributed by atoms with Crippen molar-refractivity contribution in [3.8, 4) is 0 Å². The van der Waals surface area contributed by atoms with Crippen LogP contribution in [0.3, 0.4) is 0 Å². The van der Waals surface area contributed by atoms with E-state index in [1.165, 1.54) is 20.4 Å². The largest absolute Gasteiger partial charge is 0.350 e. The third-order valence-electron chi connectivity index (χ3n) is 5.06. The Bertz CT molecular complexity index is 1150. The van der Waals surface area contributed by atoms with Crippen molar-refractivity contribution in [2.75, 3.05) is 32.7 Å². The van der Waals surface area contributed by atoms with Gasteiger partial charge in [-0.25, -0.2) is 17.9 Å². The number of rotatable bonds is 5. The monoisotopic (exact) mass is 421 g/mol. The van der Waals surface area contributed by atoms with Gasteiger partial charge in [-0.05, 0) is 32.0 Å². The van der Waals surface area contributed by atoms with Crippen LogP contribution in [0.4, 0.5) is 0 Å². The number of hydrogen-bond donors (Lipinski definition) is 0. The Morgan fingerprint density at radius 3 is 2.50 bits per heavy atom. The van der Waals surface area contributed by atoms with Crippen molar-refractivity contribution < 1.29 is 8.42 Å². The zero-order chi connectivity index (χ0) is 19.9. The third kappa shape index (κ3) is 3.52. The maximum atomic E-state index is 12.9. The van der Waals surface area contributed by atoms with Gasteiger partial charge < -0.3 is 0 Å². The van der Waals surface area contributed by atoms with Crippen LogP contribution in [0.1, 0.15) is 9.75 Å². The van der Waals surface area contributed by atoms with E-state index < -0.39 is 10.0 Å². The summed E-state index contributed by atoms with van der Waals surface area (Å²) in [5, 5.41) is 4.34. The van der Waals surface area contributed by atoms with Crippen LogP contribution in [-0.2, 0) is 16.6 Å². The summed E-state index contributed by atoms with van der Waals surface area (Å²) in [4.78, 5) is 16.8. The molecule has 1 aliphatic rings. The second-order valence-corrected chi connectivity index (χ2v) is 10.3. The minimum atomic E-state index is -3.44. The second-order valence-electron chi connectivity index (χ2n) is 6.96. The number of piperazine rings is 1. The van der Waals surface area contributed by atoms with Gasteiger partial charge in [-0.2, -0.15) is 4.31 Å². The topological polar surface area (TPSA) is 79.9 Å². The fourth-order valence-corrected chi connectivity index (χ4v) is 6.49. The molecule has 1 saturated heterocycles. The average Bonchev–Trinajstić information content (AvgIpc) is 3.20. The highest BCUT2D eigenvalue weighted by atomic mass is 32.2. The maximum Gasteiger partial charge on any atom is 0.350 e. The molecule has 0 bridgehead atoms. The second kappa shape index (κ2) is 7.43. The van der Waals surface area contributed by atoms with Crippen molar-refractivity contribution in [2.24, 2.45) is 0 Å². The molecule has 150 valence electrons. The van der Waals surface area contributed by atoms with Crippen molar-refractivity contribution in [3.05, 3.63) is 50.7 Å². The molecule has 4 heterocycles. The standard InChI is InChI=1S/C18H23N5O3S2/c1-14-13-16(15(2)27-14)28(25,26)21-10-7-20(8-11-21)9-12-23-18(24)22-6-4-3-5-17(22)19-23/h3-6,13H,7-12H2,1-2H3. The molecule has 0 unspecified atom stereocenters. The van der Waals surface area contributed by atoms with Crippen LogP contribution in [0, 0.1) is 13.8 Å². The van der Waals surface area contributed by atoms with E-state index in [1.807, 2.05) is 19.9 Å². The fraction of sp³-hybridized carbons (Fsp3) is 0.444. The lowest BCUT2D eigenvalue weighted by Crippen LogP contribution is -2.49. The molecule has 0 N–H and O–H groups in total. The molecule has 4 rings (SSSR count). The molecule has 3 aromatic heterocycles.